The van der Waals surface area contributed by atoms with Crippen molar-refractivity contribution in [2.45, 2.75) is 20.0 Å². The van der Waals surface area contributed by atoms with Crippen molar-refractivity contribution in [3.63, 3.8) is 0 Å². The van der Waals surface area contributed by atoms with Crippen LogP contribution in [-0.2, 0) is 17.9 Å². The largest absolute Gasteiger partial charge is 0.305 e. The van der Waals surface area contributed by atoms with Gasteiger partial charge in [-0.2, -0.15) is 10.2 Å². The number of benzene rings is 1. The van der Waals surface area contributed by atoms with Crippen LogP contribution in [0.25, 0.3) is 6.08 Å². The fourth-order valence-electron chi connectivity index (χ4n) is 2.36. The first-order valence-electron chi connectivity index (χ1n) is 8.13. The Hall–Kier alpha value is -2.09. The van der Waals surface area contributed by atoms with Crippen LogP contribution in [0.3, 0.4) is 0 Å². The summed E-state index contributed by atoms with van der Waals surface area (Å²) in [7, 11) is 0. The second-order valence-electron chi connectivity index (χ2n) is 5.72. The number of carbonyl (C=O) groups excluding carboxylic acids is 1. The Bertz CT molecular complexity index is 996. The number of rotatable bonds is 6. The van der Waals surface area contributed by atoms with E-state index >= 15 is 0 Å². The van der Waals surface area contributed by atoms with E-state index in [1.807, 2.05) is 19.2 Å². The van der Waals surface area contributed by atoms with Crippen LogP contribution in [0, 0.1) is 0 Å². The normalized spacial score (nSPS) is 11.3. The minimum atomic E-state index is -0.278. The molecule has 0 spiro atoms. The maximum atomic E-state index is 12.1. The average molecular weight is 469 g/mol. The van der Waals surface area contributed by atoms with E-state index in [1.54, 1.807) is 40.0 Å². The SMILES string of the molecule is CCn1cc(/C=C/C(=O)Nc2nn(Cc3ccc(Cl)c(Cl)c3)cc2Br)cn1. The van der Waals surface area contributed by atoms with Crippen molar-refractivity contribution in [1.82, 2.24) is 19.6 Å². The first-order chi connectivity index (χ1) is 12.9. The van der Waals surface area contributed by atoms with E-state index in [2.05, 4.69) is 31.4 Å². The van der Waals surface area contributed by atoms with Gasteiger partial charge in [0, 0.05) is 30.6 Å². The van der Waals surface area contributed by atoms with Crippen LogP contribution in [0.1, 0.15) is 18.1 Å². The lowest BCUT2D eigenvalue weighted by atomic mass is 10.2. The monoisotopic (exact) mass is 467 g/mol. The van der Waals surface area contributed by atoms with Crippen molar-refractivity contribution >= 4 is 56.9 Å². The van der Waals surface area contributed by atoms with E-state index in [0.29, 0.717) is 26.9 Å². The molecule has 2 aromatic heterocycles. The molecular weight excluding hydrogens is 453 g/mol. The molecule has 0 saturated carbocycles. The van der Waals surface area contributed by atoms with Gasteiger partial charge < -0.3 is 5.32 Å². The molecule has 27 heavy (non-hydrogen) atoms. The Kier molecular flexibility index (Phi) is 6.36. The molecule has 140 valence electrons. The van der Waals surface area contributed by atoms with Crippen molar-refractivity contribution < 1.29 is 4.79 Å². The summed E-state index contributed by atoms with van der Waals surface area (Å²) in [5, 5.41) is 12.3. The highest BCUT2D eigenvalue weighted by Gasteiger charge is 2.10. The van der Waals surface area contributed by atoms with Crippen molar-refractivity contribution in [2.24, 2.45) is 0 Å². The zero-order valence-electron chi connectivity index (χ0n) is 14.4. The van der Waals surface area contributed by atoms with Gasteiger partial charge in [-0.15, -0.1) is 0 Å². The van der Waals surface area contributed by atoms with Crippen LogP contribution in [0.5, 0.6) is 0 Å². The first-order valence-corrected chi connectivity index (χ1v) is 9.68. The lowest BCUT2D eigenvalue weighted by Gasteiger charge is -2.03. The molecule has 0 saturated heterocycles. The molecule has 0 bridgehead atoms. The average Bonchev–Trinajstić information content (AvgIpc) is 3.23. The first kappa shape index (κ1) is 19.7. The van der Waals surface area contributed by atoms with Crippen molar-refractivity contribution in [3.05, 3.63) is 68.5 Å². The molecule has 3 rings (SSSR count). The maximum Gasteiger partial charge on any atom is 0.249 e. The van der Waals surface area contributed by atoms with Crippen LogP contribution in [0.4, 0.5) is 5.82 Å². The van der Waals surface area contributed by atoms with Gasteiger partial charge >= 0.3 is 0 Å². The van der Waals surface area contributed by atoms with Crippen molar-refractivity contribution in [1.29, 1.82) is 0 Å². The lowest BCUT2D eigenvalue weighted by Crippen LogP contribution is -2.09. The summed E-state index contributed by atoms with van der Waals surface area (Å²) in [4.78, 5) is 12.1. The standard InChI is InChI=1S/C18H16BrCl2N5O/c1-2-25-10-13(8-22-25)4-6-17(27)23-18-14(19)11-26(24-18)9-12-3-5-15(20)16(21)7-12/h3-8,10-11H,2,9H2,1H3,(H,23,24,27)/b6-4+. The quantitative estimate of drug-likeness (QED) is 0.525. The number of aromatic nitrogens is 4. The van der Waals surface area contributed by atoms with Crippen LogP contribution in [-0.4, -0.2) is 25.5 Å². The highest BCUT2D eigenvalue weighted by atomic mass is 79.9. The Labute approximate surface area is 174 Å². The molecule has 1 N–H and O–H groups in total. The molecule has 3 aromatic rings. The summed E-state index contributed by atoms with van der Waals surface area (Å²) in [5.41, 5.74) is 1.81. The Balaban J connectivity index is 1.65. The summed E-state index contributed by atoms with van der Waals surface area (Å²) in [6.45, 7) is 3.28. The van der Waals surface area contributed by atoms with Crippen molar-refractivity contribution in [2.75, 3.05) is 5.32 Å². The van der Waals surface area contributed by atoms with Gasteiger partial charge in [0.15, 0.2) is 5.82 Å². The minimum absolute atomic E-state index is 0.278. The number of anilines is 1. The number of halogens is 3. The molecule has 0 aliphatic carbocycles. The number of hydrogen-bond acceptors (Lipinski definition) is 3. The Morgan fingerprint density at radius 1 is 1.26 bits per heavy atom. The molecule has 2 heterocycles. The van der Waals surface area contributed by atoms with Crippen LogP contribution >= 0.6 is 39.1 Å². The number of hydrogen-bond donors (Lipinski definition) is 1. The maximum absolute atomic E-state index is 12.1. The fourth-order valence-corrected chi connectivity index (χ4v) is 3.09. The van der Waals surface area contributed by atoms with E-state index in [1.165, 1.54) is 6.08 Å². The fraction of sp³-hybridized carbons (Fsp3) is 0.167. The molecule has 0 aliphatic rings. The molecule has 1 amide bonds. The van der Waals surface area contributed by atoms with Gasteiger partial charge in [0.25, 0.3) is 0 Å². The summed E-state index contributed by atoms with van der Waals surface area (Å²) in [5.74, 6) is 0.161. The predicted molar refractivity (Wildman–Crippen MR) is 111 cm³/mol. The van der Waals surface area contributed by atoms with E-state index in [-0.39, 0.29) is 5.91 Å². The molecule has 0 radical (unpaired) electrons. The summed E-state index contributed by atoms with van der Waals surface area (Å²) < 4.78 is 4.18. The molecule has 0 atom stereocenters. The van der Waals surface area contributed by atoms with Gasteiger partial charge in [0.05, 0.1) is 27.3 Å². The second kappa shape index (κ2) is 8.73. The molecule has 0 fully saturated rings. The highest BCUT2D eigenvalue weighted by molar-refractivity contribution is 9.10. The topological polar surface area (TPSA) is 64.7 Å². The summed E-state index contributed by atoms with van der Waals surface area (Å²) in [6.07, 6.45) is 8.50. The van der Waals surface area contributed by atoms with Gasteiger partial charge in [-0.05, 0) is 46.6 Å². The van der Waals surface area contributed by atoms with E-state index in [4.69, 9.17) is 23.2 Å². The molecular formula is C18H16BrCl2N5O. The third-order valence-electron chi connectivity index (χ3n) is 3.69. The highest BCUT2D eigenvalue weighted by Crippen LogP contribution is 2.24. The van der Waals surface area contributed by atoms with Gasteiger partial charge in [0.2, 0.25) is 5.91 Å². The third-order valence-corrected chi connectivity index (χ3v) is 5.01. The third kappa shape index (κ3) is 5.22. The second-order valence-corrected chi connectivity index (χ2v) is 7.39. The van der Waals surface area contributed by atoms with Gasteiger partial charge in [-0.25, -0.2) is 0 Å². The Morgan fingerprint density at radius 3 is 2.78 bits per heavy atom. The summed E-state index contributed by atoms with van der Waals surface area (Å²) in [6, 6.07) is 5.41. The number of aryl methyl sites for hydroxylation is 1. The van der Waals surface area contributed by atoms with E-state index in [9.17, 15) is 4.79 Å². The number of nitrogens with one attached hydrogen (secondary N) is 1. The van der Waals surface area contributed by atoms with Gasteiger partial charge in [0.1, 0.15) is 0 Å². The molecule has 6 nitrogen and oxygen atoms in total. The van der Waals surface area contributed by atoms with Crippen LogP contribution in [0.15, 0.2) is 47.3 Å². The molecule has 0 aliphatic heterocycles. The molecule has 9 heteroatoms. The number of nitrogens with zero attached hydrogens (tertiary/aromatic N) is 4. The van der Waals surface area contributed by atoms with E-state index < -0.39 is 0 Å². The zero-order chi connectivity index (χ0) is 19.4. The van der Waals surface area contributed by atoms with Crippen molar-refractivity contribution in [3.8, 4) is 0 Å². The smallest absolute Gasteiger partial charge is 0.249 e. The van der Waals surface area contributed by atoms with E-state index in [0.717, 1.165) is 17.7 Å². The van der Waals surface area contributed by atoms with Crippen LogP contribution in [0.2, 0.25) is 10.0 Å². The Morgan fingerprint density at radius 2 is 2.07 bits per heavy atom. The minimum Gasteiger partial charge on any atom is -0.305 e. The zero-order valence-corrected chi connectivity index (χ0v) is 17.5. The van der Waals surface area contributed by atoms with Gasteiger partial charge in [-0.1, -0.05) is 29.3 Å². The molecule has 1 aromatic carbocycles. The number of carbonyl (C=O) groups is 1. The lowest BCUT2D eigenvalue weighted by molar-refractivity contribution is -0.111. The summed E-state index contributed by atoms with van der Waals surface area (Å²) >= 11 is 15.4. The predicted octanol–water partition coefficient (Wildman–Crippen LogP) is 4.87. The van der Waals surface area contributed by atoms with Crippen LogP contribution < -0.4 is 5.32 Å². The molecule has 0 unspecified atom stereocenters. The number of amides is 1. The van der Waals surface area contributed by atoms with Gasteiger partial charge in [-0.3, -0.25) is 14.2 Å².